The minimum absolute atomic E-state index is 0.112. The van der Waals surface area contributed by atoms with Gasteiger partial charge in [0, 0.05) is 17.1 Å². The van der Waals surface area contributed by atoms with Gasteiger partial charge >= 0.3 is 0 Å². The fraction of sp³-hybridized carbons (Fsp3) is 0.481. The van der Waals surface area contributed by atoms with Crippen LogP contribution in [0.15, 0.2) is 46.9 Å². The minimum Gasteiger partial charge on any atom is -0.352 e. The molecule has 196 valence electrons. The maximum Gasteiger partial charge on any atom is 0.244 e. The zero-order valence-electron chi connectivity index (χ0n) is 21.5. The molecular formula is C27H36BrN3O4S. The van der Waals surface area contributed by atoms with Crippen molar-refractivity contribution in [2.75, 3.05) is 17.1 Å². The molecule has 0 heterocycles. The summed E-state index contributed by atoms with van der Waals surface area (Å²) in [5, 5.41) is 3.11. The number of halogens is 1. The molecule has 0 spiro atoms. The molecule has 3 rings (SSSR count). The second-order valence-corrected chi connectivity index (χ2v) is 12.5. The summed E-state index contributed by atoms with van der Waals surface area (Å²) in [6.07, 6.45) is 6.32. The largest absolute Gasteiger partial charge is 0.352 e. The lowest BCUT2D eigenvalue weighted by Crippen LogP contribution is -2.53. The number of aryl methyl sites for hydroxylation is 2. The SMILES string of the molecule is Cc1ccc(C)c(N(CC(=O)N(Cc2ccc(Br)cc2)[C@@H](C)C(=O)NC2CCCCC2)S(C)(=O)=O)c1. The summed E-state index contributed by atoms with van der Waals surface area (Å²) in [6, 6.07) is 12.4. The molecule has 0 radical (unpaired) electrons. The number of sulfonamides is 1. The van der Waals surface area contributed by atoms with E-state index in [0.717, 1.165) is 57.4 Å². The van der Waals surface area contributed by atoms with Crippen molar-refractivity contribution in [3.05, 3.63) is 63.6 Å². The van der Waals surface area contributed by atoms with Crippen molar-refractivity contribution in [1.82, 2.24) is 10.2 Å². The molecule has 0 saturated heterocycles. The number of benzene rings is 2. The van der Waals surface area contributed by atoms with E-state index >= 15 is 0 Å². The van der Waals surface area contributed by atoms with Gasteiger partial charge in [-0.2, -0.15) is 0 Å². The molecule has 9 heteroatoms. The molecule has 36 heavy (non-hydrogen) atoms. The third-order valence-electron chi connectivity index (χ3n) is 6.70. The van der Waals surface area contributed by atoms with Gasteiger partial charge in [-0.05, 0) is 68.5 Å². The van der Waals surface area contributed by atoms with E-state index in [9.17, 15) is 18.0 Å². The number of carbonyl (C=O) groups excluding carboxylic acids is 2. The van der Waals surface area contributed by atoms with Gasteiger partial charge < -0.3 is 10.2 Å². The van der Waals surface area contributed by atoms with E-state index in [0.29, 0.717) is 5.69 Å². The first-order valence-electron chi connectivity index (χ1n) is 12.3. The van der Waals surface area contributed by atoms with Crippen LogP contribution in [0.5, 0.6) is 0 Å². The molecule has 1 fully saturated rings. The highest BCUT2D eigenvalue weighted by atomic mass is 79.9. The Bertz CT molecular complexity index is 1180. The third-order valence-corrected chi connectivity index (χ3v) is 8.35. The number of nitrogens with zero attached hydrogens (tertiary/aromatic N) is 2. The summed E-state index contributed by atoms with van der Waals surface area (Å²) in [5.41, 5.74) is 2.96. The summed E-state index contributed by atoms with van der Waals surface area (Å²) >= 11 is 3.42. The van der Waals surface area contributed by atoms with E-state index in [-0.39, 0.29) is 25.0 Å². The summed E-state index contributed by atoms with van der Waals surface area (Å²) < 4.78 is 27.6. The van der Waals surface area contributed by atoms with Gasteiger partial charge in [0.15, 0.2) is 0 Å². The molecular weight excluding hydrogens is 542 g/mol. The molecule has 1 N–H and O–H groups in total. The molecule has 1 aliphatic carbocycles. The van der Waals surface area contributed by atoms with Gasteiger partial charge in [0.25, 0.3) is 0 Å². The number of anilines is 1. The molecule has 7 nitrogen and oxygen atoms in total. The highest BCUT2D eigenvalue weighted by molar-refractivity contribution is 9.10. The Morgan fingerprint density at radius 3 is 2.31 bits per heavy atom. The molecule has 0 aromatic heterocycles. The molecule has 2 aromatic carbocycles. The molecule has 1 atom stereocenters. The standard InChI is InChI=1S/C27H36BrN3O4S/c1-19-10-11-20(2)25(16-19)31(36(4,34)35)18-26(32)30(17-22-12-14-23(28)15-13-22)21(3)27(33)29-24-8-6-5-7-9-24/h10-16,21,24H,5-9,17-18H2,1-4H3,(H,29,33)/t21-/m0/s1. The number of hydrogen-bond acceptors (Lipinski definition) is 4. The van der Waals surface area contributed by atoms with Crippen LogP contribution in [0.1, 0.15) is 55.7 Å². The van der Waals surface area contributed by atoms with Crippen LogP contribution in [0.3, 0.4) is 0 Å². The molecule has 0 bridgehead atoms. The fourth-order valence-corrected chi connectivity index (χ4v) is 5.68. The van der Waals surface area contributed by atoms with E-state index in [4.69, 9.17) is 0 Å². The Labute approximate surface area is 223 Å². The molecule has 2 aromatic rings. The maximum absolute atomic E-state index is 13.7. The zero-order valence-corrected chi connectivity index (χ0v) is 23.9. The van der Waals surface area contributed by atoms with Crippen molar-refractivity contribution in [1.29, 1.82) is 0 Å². The number of carbonyl (C=O) groups is 2. The lowest BCUT2D eigenvalue weighted by molar-refractivity contribution is -0.139. The van der Waals surface area contributed by atoms with Crippen molar-refractivity contribution in [2.24, 2.45) is 0 Å². The summed E-state index contributed by atoms with van der Waals surface area (Å²) in [6.45, 7) is 5.20. The highest BCUT2D eigenvalue weighted by Gasteiger charge is 2.31. The van der Waals surface area contributed by atoms with Gasteiger partial charge in [-0.1, -0.05) is 59.5 Å². The first-order valence-corrected chi connectivity index (χ1v) is 15.0. The van der Waals surface area contributed by atoms with Crippen LogP contribution in [-0.2, 0) is 26.2 Å². The van der Waals surface area contributed by atoms with E-state index in [1.807, 2.05) is 50.2 Å². The molecule has 0 aliphatic heterocycles. The minimum atomic E-state index is -3.75. The van der Waals surface area contributed by atoms with Gasteiger partial charge in [-0.25, -0.2) is 8.42 Å². The van der Waals surface area contributed by atoms with Crippen LogP contribution < -0.4 is 9.62 Å². The second-order valence-electron chi connectivity index (χ2n) is 9.73. The number of hydrogen-bond donors (Lipinski definition) is 1. The van der Waals surface area contributed by atoms with Gasteiger partial charge in [-0.15, -0.1) is 0 Å². The Morgan fingerprint density at radius 1 is 1.06 bits per heavy atom. The maximum atomic E-state index is 13.7. The smallest absolute Gasteiger partial charge is 0.244 e. The predicted octanol–water partition coefficient (Wildman–Crippen LogP) is 4.70. The van der Waals surface area contributed by atoms with Gasteiger partial charge in [0.2, 0.25) is 21.8 Å². The Morgan fingerprint density at radius 2 is 1.69 bits per heavy atom. The van der Waals surface area contributed by atoms with Gasteiger partial charge in [0.05, 0.1) is 11.9 Å². The van der Waals surface area contributed by atoms with Gasteiger partial charge in [0.1, 0.15) is 12.6 Å². The first-order chi connectivity index (χ1) is 17.0. The van der Waals surface area contributed by atoms with E-state index in [1.54, 1.807) is 13.0 Å². The van der Waals surface area contributed by atoms with Crippen LogP contribution in [0, 0.1) is 13.8 Å². The molecule has 1 aliphatic rings. The molecule has 0 unspecified atom stereocenters. The monoisotopic (exact) mass is 577 g/mol. The zero-order chi connectivity index (χ0) is 26.5. The topological polar surface area (TPSA) is 86.8 Å². The summed E-state index contributed by atoms with van der Waals surface area (Å²) in [4.78, 5) is 28.4. The van der Waals surface area contributed by atoms with E-state index < -0.39 is 22.0 Å². The fourth-order valence-electron chi connectivity index (χ4n) is 4.52. The first kappa shape index (κ1) is 28.2. The lowest BCUT2D eigenvalue weighted by atomic mass is 9.95. The average Bonchev–Trinajstić information content (AvgIpc) is 2.83. The Hall–Kier alpha value is -2.39. The van der Waals surface area contributed by atoms with Crippen molar-refractivity contribution in [3.8, 4) is 0 Å². The number of amides is 2. The third kappa shape index (κ3) is 7.56. The van der Waals surface area contributed by atoms with Crippen LogP contribution in [0.25, 0.3) is 0 Å². The van der Waals surface area contributed by atoms with Crippen molar-refractivity contribution in [2.45, 2.75) is 71.5 Å². The van der Waals surface area contributed by atoms with Crippen LogP contribution >= 0.6 is 15.9 Å². The van der Waals surface area contributed by atoms with E-state index in [1.165, 1.54) is 11.3 Å². The lowest BCUT2D eigenvalue weighted by Gasteiger charge is -2.33. The van der Waals surface area contributed by atoms with Crippen molar-refractivity contribution < 1.29 is 18.0 Å². The normalized spacial score (nSPS) is 15.2. The van der Waals surface area contributed by atoms with Crippen molar-refractivity contribution >= 4 is 43.5 Å². The highest BCUT2D eigenvalue weighted by Crippen LogP contribution is 2.25. The van der Waals surface area contributed by atoms with Crippen LogP contribution in [0.4, 0.5) is 5.69 Å². The van der Waals surface area contributed by atoms with Crippen LogP contribution in [0.2, 0.25) is 0 Å². The molecule has 2 amide bonds. The quantitative estimate of drug-likeness (QED) is 0.468. The number of nitrogens with one attached hydrogen (secondary N) is 1. The average molecular weight is 579 g/mol. The van der Waals surface area contributed by atoms with Crippen LogP contribution in [-0.4, -0.2) is 50.0 Å². The summed E-state index contributed by atoms with van der Waals surface area (Å²) in [5.74, 6) is -0.652. The molecule has 1 saturated carbocycles. The van der Waals surface area contributed by atoms with E-state index in [2.05, 4.69) is 21.2 Å². The van der Waals surface area contributed by atoms with Gasteiger partial charge in [-0.3, -0.25) is 13.9 Å². The Balaban J connectivity index is 1.89. The second kappa shape index (κ2) is 12.2. The Kier molecular flexibility index (Phi) is 9.58. The predicted molar refractivity (Wildman–Crippen MR) is 147 cm³/mol. The number of rotatable bonds is 9. The van der Waals surface area contributed by atoms with Crippen molar-refractivity contribution in [3.63, 3.8) is 0 Å². The summed E-state index contributed by atoms with van der Waals surface area (Å²) in [7, 11) is -3.75.